The zero-order chi connectivity index (χ0) is 72.2. The summed E-state index contributed by atoms with van der Waals surface area (Å²) >= 11 is 0. The van der Waals surface area contributed by atoms with Crippen molar-refractivity contribution in [1.82, 2.24) is 31.1 Å². The van der Waals surface area contributed by atoms with Gasteiger partial charge in [0.15, 0.2) is 30.7 Å². The third kappa shape index (κ3) is 18.6. The van der Waals surface area contributed by atoms with Crippen LogP contribution in [0.1, 0.15) is 67.7 Å². The number of amides is 6. The van der Waals surface area contributed by atoms with Gasteiger partial charge in [0.05, 0.1) is 56.6 Å². The number of benzene rings is 5. The number of fused-ring (bicyclic) bond motifs is 1. The summed E-state index contributed by atoms with van der Waals surface area (Å²) in [5, 5.41) is 83.0. The summed E-state index contributed by atoms with van der Waals surface area (Å²) in [5.74, 6) is -1.08. The number of nitrogens with two attached hydrogens (primary N) is 1. The second-order valence-corrected chi connectivity index (χ2v) is 26.7. The molecule has 19 atom stereocenters. The van der Waals surface area contributed by atoms with Crippen molar-refractivity contribution in [3.63, 3.8) is 0 Å². The van der Waals surface area contributed by atoms with Gasteiger partial charge in [0.2, 0.25) is 0 Å². The molecule has 6 amide bonds. The Kier molecular flexibility index (Phi) is 24.6. The Morgan fingerprint density at radius 1 is 0.529 bits per heavy atom. The number of aliphatic hydroxyl groups is 6. The summed E-state index contributed by atoms with van der Waals surface area (Å²) in [6.45, 7) is 1.55. The lowest BCUT2D eigenvalue weighted by atomic mass is 9.82. The lowest BCUT2D eigenvalue weighted by molar-refractivity contribution is -0.323. The maximum absolute atomic E-state index is 14.4. The van der Waals surface area contributed by atoms with Crippen molar-refractivity contribution in [3.8, 4) is 0 Å². The number of β-amino-alcohol motifs (C(OH)–C–C–N with tert-alkyl or cyclic N) is 1. The third-order valence-electron chi connectivity index (χ3n) is 18.1. The maximum atomic E-state index is 14.4. The van der Waals surface area contributed by atoms with E-state index in [0.29, 0.717) is 27.8 Å². The van der Waals surface area contributed by atoms with E-state index in [2.05, 4.69) is 21.3 Å². The van der Waals surface area contributed by atoms with Gasteiger partial charge < -0.3 is 119 Å². The zero-order valence-electron chi connectivity index (χ0n) is 56.2. The van der Waals surface area contributed by atoms with E-state index in [4.69, 9.17) is 62.6 Å². The van der Waals surface area contributed by atoms with Gasteiger partial charge in [-0.3, -0.25) is 9.69 Å². The van der Waals surface area contributed by atoms with Crippen LogP contribution in [-0.4, -0.2) is 231 Å². The molecule has 0 spiro atoms. The first-order chi connectivity index (χ1) is 49.0. The Labute approximate surface area is 587 Å². The van der Waals surface area contributed by atoms with Gasteiger partial charge in [0.25, 0.3) is 5.91 Å². The molecule has 0 aromatic heterocycles. The minimum Gasteiger partial charge on any atom is -0.445 e. The number of alkyl carbamates (subject to hydrolysis) is 3. The van der Waals surface area contributed by atoms with Crippen LogP contribution in [0.2, 0.25) is 0 Å². The van der Waals surface area contributed by atoms with E-state index in [9.17, 15) is 59.4 Å². The van der Waals surface area contributed by atoms with E-state index >= 15 is 0 Å². The molecule has 6 fully saturated rings. The Balaban J connectivity index is 0.905. The zero-order valence-corrected chi connectivity index (χ0v) is 56.2. The molecular weight excluding hydrogens is 1330 g/mol. The van der Waals surface area contributed by atoms with E-state index in [0.717, 1.165) is 4.90 Å². The third-order valence-corrected chi connectivity index (χ3v) is 18.1. The number of hydrogen-bond acceptors (Lipinski definition) is 25. The molecule has 5 heterocycles. The van der Waals surface area contributed by atoms with Crippen molar-refractivity contribution in [2.24, 2.45) is 5.73 Å². The highest BCUT2D eigenvalue weighted by Gasteiger charge is 2.59. The standard InChI is InChI=1S/C71H87N7O24/c1-70(2,3)102-68(88)77-38-71(90,39-77)64(84)73-45-29-46(74-65(85)91-34-40-19-9-4-10-20-40)56(99-61-47(30-48(80)49(31-72)95-61)75-66(86)92-35-41-21-11-5-12-22-41)59(53(45)81)101-63-55(83)58(51(33-79)97-63)100-62-52(76-67(87)93-36-42-23-13-6-14-24-42)54(82)57-50(96-62)32-78(60(98-57)44-27-17-8-18-28-44)69(89)94-37-43-25-15-7-16-26-43/h4-28,45-63,79-83,90H,29-39,72H2,1-3H3,(H,73,84)(H,74,85)(H,75,86)(H,76,87)/t45-,46+,47-,48+,49-,50+,51-,52-,53+,54-,55-,56-,57-,58-,59-,60?,61-,62-,63+/m1/s1. The SMILES string of the molecule is CC(C)(C)OC(=O)N1CC(O)(C(=O)N[C@@H]2C[C@H](NC(=O)OCc3ccccc3)[C@@H](O[C@H]3O[C@H](CN)[C@@H](O)C[C@H]3NC(=O)OCc3ccccc3)[C@H](O[C@@H]3O[C@H](CO)[C@@H](O[C@H]4O[C@H]5CN(C(=O)OCc6ccccc6)C(c6ccccc6)O[C@H]5[C@H](O)[C@H]4NC(=O)OCc4ccccc4)[C@H]3O)[C@H]2O)C1. The Morgan fingerprint density at radius 3 is 1.55 bits per heavy atom. The molecule has 5 aromatic rings. The molecule has 550 valence electrons. The van der Waals surface area contributed by atoms with Gasteiger partial charge in [0, 0.05) is 18.5 Å². The number of rotatable bonds is 22. The highest BCUT2D eigenvalue weighted by Crippen LogP contribution is 2.40. The number of carbonyl (C=O) groups excluding carboxylic acids is 6. The van der Waals surface area contributed by atoms with Gasteiger partial charge in [-0.25, -0.2) is 24.0 Å². The molecule has 6 aliphatic rings. The number of nitrogens with zero attached hydrogens (tertiary/aromatic N) is 2. The van der Waals surface area contributed by atoms with Crippen LogP contribution in [0.4, 0.5) is 24.0 Å². The molecule has 1 saturated carbocycles. The fourth-order valence-electron chi connectivity index (χ4n) is 12.8. The molecule has 31 heteroatoms. The topological polar surface area (TPSA) is 415 Å². The van der Waals surface area contributed by atoms with E-state index < -0.39 is 190 Å². The molecule has 5 aromatic carbocycles. The molecular formula is C71H87N7O24. The second kappa shape index (κ2) is 33.6. The number of carbonyl (C=O) groups is 6. The van der Waals surface area contributed by atoms with Crippen molar-refractivity contribution >= 4 is 36.4 Å². The van der Waals surface area contributed by atoms with Gasteiger partial charge >= 0.3 is 30.5 Å². The smallest absolute Gasteiger partial charge is 0.412 e. The first kappa shape index (κ1) is 74.5. The van der Waals surface area contributed by atoms with Crippen molar-refractivity contribution in [2.75, 3.05) is 32.8 Å². The first-order valence-electron chi connectivity index (χ1n) is 33.6. The van der Waals surface area contributed by atoms with E-state index in [1.54, 1.807) is 166 Å². The van der Waals surface area contributed by atoms with Gasteiger partial charge in [-0.2, -0.15) is 0 Å². The monoisotopic (exact) mass is 1420 g/mol. The molecule has 0 bridgehead atoms. The number of likely N-dealkylation sites (tertiary alicyclic amines) is 1. The summed E-state index contributed by atoms with van der Waals surface area (Å²) in [4.78, 5) is 85.8. The van der Waals surface area contributed by atoms with Gasteiger partial charge in [0.1, 0.15) is 93.0 Å². The van der Waals surface area contributed by atoms with Crippen LogP contribution in [0.5, 0.6) is 0 Å². The minimum atomic E-state index is -2.25. The summed E-state index contributed by atoms with van der Waals surface area (Å²) in [5.41, 5.74) is 5.95. The summed E-state index contributed by atoms with van der Waals surface area (Å²) in [6, 6.07) is 37.7. The Bertz CT molecular complexity index is 3570. The first-order valence-corrected chi connectivity index (χ1v) is 33.6. The molecule has 0 radical (unpaired) electrons. The molecule has 1 aliphatic carbocycles. The highest BCUT2D eigenvalue weighted by atomic mass is 16.8. The predicted octanol–water partition coefficient (Wildman–Crippen LogP) is 2.59. The van der Waals surface area contributed by atoms with Gasteiger partial charge in [-0.1, -0.05) is 152 Å². The average molecular weight is 1420 g/mol. The molecule has 102 heavy (non-hydrogen) atoms. The van der Waals surface area contributed by atoms with Crippen molar-refractivity contribution in [1.29, 1.82) is 0 Å². The number of aliphatic hydroxyl groups excluding tert-OH is 5. The second-order valence-electron chi connectivity index (χ2n) is 26.7. The molecule has 5 saturated heterocycles. The van der Waals surface area contributed by atoms with Crippen LogP contribution >= 0.6 is 0 Å². The molecule has 11 rings (SSSR count). The molecule has 1 unspecified atom stereocenters. The number of hydrogen-bond donors (Lipinski definition) is 11. The van der Waals surface area contributed by atoms with Crippen LogP contribution in [0.25, 0.3) is 0 Å². The Morgan fingerprint density at radius 2 is 1.02 bits per heavy atom. The Hall–Kier alpha value is -8.64. The lowest BCUT2D eigenvalue weighted by Crippen LogP contribution is -2.73. The normalized spacial score (nSPS) is 30.4. The van der Waals surface area contributed by atoms with E-state index in [-0.39, 0.29) is 45.9 Å². The van der Waals surface area contributed by atoms with Crippen molar-refractivity contribution in [2.45, 2.75) is 188 Å². The quantitative estimate of drug-likeness (QED) is 0.0444. The van der Waals surface area contributed by atoms with Crippen LogP contribution in [-0.2, 0) is 88.1 Å². The van der Waals surface area contributed by atoms with Crippen LogP contribution < -0.4 is 27.0 Å². The van der Waals surface area contributed by atoms with Gasteiger partial charge in [-0.15, -0.1) is 0 Å². The van der Waals surface area contributed by atoms with E-state index in [1.807, 2.05) is 6.07 Å². The number of nitrogens with one attached hydrogen (secondary N) is 4. The van der Waals surface area contributed by atoms with Crippen LogP contribution in [0.15, 0.2) is 152 Å². The fraction of sp³-hybridized carbons (Fsp3) is 0.493. The molecule has 12 N–H and O–H groups in total. The van der Waals surface area contributed by atoms with E-state index in [1.165, 1.54) is 4.90 Å². The average Bonchev–Trinajstić information content (AvgIpc) is 0.920. The van der Waals surface area contributed by atoms with Gasteiger partial charge in [-0.05, 0) is 49.4 Å². The van der Waals surface area contributed by atoms with Crippen molar-refractivity contribution < 1.29 is 116 Å². The fourth-order valence-corrected chi connectivity index (χ4v) is 12.8. The maximum Gasteiger partial charge on any atom is 0.412 e. The lowest BCUT2D eigenvalue weighted by Gasteiger charge is -2.51. The van der Waals surface area contributed by atoms with Crippen LogP contribution in [0, 0.1) is 0 Å². The summed E-state index contributed by atoms with van der Waals surface area (Å²) in [7, 11) is 0. The minimum absolute atomic E-state index is 0.126. The van der Waals surface area contributed by atoms with Crippen molar-refractivity contribution in [3.05, 3.63) is 179 Å². The van der Waals surface area contributed by atoms with Crippen LogP contribution in [0.3, 0.4) is 0 Å². The summed E-state index contributed by atoms with van der Waals surface area (Å²) < 4.78 is 73.8. The number of ether oxygens (including phenoxy) is 12. The largest absolute Gasteiger partial charge is 0.445 e. The summed E-state index contributed by atoms with van der Waals surface area (Å²) in [6.07, 6.45) is -30.0. The molecule has 31 nitrogen and oxygen atoms in total. The predicted molar refractivity (Wildman–Crippen MR) is 353 cm³/mol. The highest BCUT2D eigenvalue weighted by molar-refractivity contribution is 5.89. The molecule has 5 aliphatic heterocycles.